The van der Waals surface area contributed by atoms with Gasteiger partial charge in [0.05, 0.1) is 0 Å². The molecule has 0 aliphatic heterocycles. The summed E-state index contributed by atoms with van der Waals surface area (Å²) in [4.78, 5) is 2.45. The molecule has 0 fully saturated rings. The van der Waals surface area contributed by atoms with Gasteiger partial charge in [0.2, 0.25) is 0 Å². The maximum atomic E-state index is 4.14. The normalized spacial score (nSPS) is 10.5. The van der Waals surface area contributed by atoms with Crippen LogP contribution in [0.25, 0.3) is 0 Å². The Hall–Kier alpha value is -0.560. The highest BCUT2D eigenvalue weighted by atomic mass is 15.1. The lowest BCUT2D eigenvalue weighted by Crippen LogP contribution is -2.24. The van der Waals surface area contributed by atoms with Crippen LogP contribution in [0.5, 0.6) is 0 Å². The van der Waals surface area contributed by atoms with Crippen molar-refractivity contribution in [3.63, 3.8) is 0 Å². The van der Waals surface area contributed by atoms with Crippen LogP contribution in [-0.2, 0) is 0 Å². The zero-order valence-corrected chi connectivity index (χ0v) is 11.0. The van der Waals surface area contributed by atoms with E-state index >= 15 is 0 Å². The molecule has 0 amide bonds. The van der Waals surface area contributed by atoms with Gasteiger partial charge in [0.15, 0.2) is 0 Å². The van der Waals surface area contributed by atoms with E-state index in [9.17, 15) is 0 Å². The Morgan fingerprint density at radius 2 is 1.73 bits per heavy atom. The molecule has 0 N–H and O–H groups in total. The molecule has 0 aliphatic carbocycles. The van der Waals surface area contributed by atoms with Gasteiger partial charge in [-0.15, -0.1) is 0 Å². The molecule has 0 aliphatic rings. The average Bonchev–Trinajstić information content (AvgIpc) is 2.18. The number of rotatable bonds is 8. The van der Waals surface area contributed by atoms with Gasteiger partial charge in [-0.25, -0.2) is 0 Å². The van der Waals surface area contributed by atoms with E-state index in [2.05, 4.69) is 45.2 Å². The quantitative estimate of drug-likeness (QED) is 0.546. The maximum absolute atomic E-state index is 4.14. The number of allylic oxidation sites excluding steroid dienone is 2. The summed E-state index contributed by atoms with van der Waals surface area (Å²) < 4.78 is 0. The molecule has 0 bridgehead atoms. The predicted octanol–water partition coefficient (Wildman–Crippen LogP) is 4.02. The summed E-state index contributed by atoms with van der Waals surface area (Å²) in [6, 6.07) is 0. The third-order valence-electron chi connectivity index (χ3n) is 2.73. The van der Waals surface area contributed by atoms with E-state index in [1.165, 1.54) is 17.7 Å². The topological polar surface area (TPSA) is 3.24 Å². The van der Waals surface area contributed by atoms with Crippen molar-refractivity contribution in [3.8, 4) is 0 Å². The van der Waals surface area contributed by atoms with Gasteiger partial charge in [0, 0.05) is 6.54 Å². The van der Waals surface area contributed by atoms with Crippen LogP contribution in [0, 0.1) is 0 Å². The lowest BCUT2D eigenvalue weighted by molar-refractivity contribution is 0.307. The second kappa shape index (κ2) is 8.72. The largest absolute Gasteiger partial charge is 0.304 e. The molecule has 0 rings (SSSR count). The van der Waals surface area contributed by atoms with E-state index < -0.39 is 0 Å². The molecule has 0 radical (unpaired) electrons. The van der Waals surface area contributed by atoms with E-state index in [0.717, 1.165) is 32.4 Å². The standard InChI is InChI=1S/C14H27N/c1-6-15(7-2)12-11-14(5)10-8-9-13(3)4/h9H,5-8,10-12H2,1-4H3. The fraction of sp³-hybridized carbons (Fsp3) is 0.714. The van der Waals surface area contributed by atoms with Crippen LogP contribution in [0.4, 0.5) is 0 Å². The first-order chi connectivity index (χ1) is 7.10. The van der Waals surface area contributed by atoms with Gasteiger partial charge in [-0.3, -0.25) is 0 Å². The molecular formula is C14H27N. The van der Waals surface area contributed by atoms with Crippen LogP contribution in [0.1, 0.15) is 47.0 Å². The van der Waals surface area contributed by atoms with Crippen LogP contribution in [0.15, 0.2) is 23.8 Å². The summed E-state index contributed by atoms with van der Waals surface area (Å²) in [5.74, 6) is 0. The Morgan fingerprint density at radius 3 is 2.20 bits per heavy atom. The lowest BCUT2D eigenvalue weighted by atomic mass is 10.1. The molecule has 15 heavy (non-hydrogen) atoms. The Kier molecular flexibility index (Phi) is 8.40. The van der Waals surface area contributed by atoms with Crippen LogP contribution in [0.3, 0.4) is 0 Å². The monoisotopic (exact) mass is 209 g/mol. The second-order valence-electron chi connectivity index (χ2n) is 4.35. The van der Waals surface area contributed by atoms with E-state index in [4.69, 9.17) is 0 Å². The molecule has 0 aromatic carbocycles. The highest BCUT2D eigenvalue weighted by Crippen LogP contribution is 2.09. The Balaban J connectivity index is 3.61. The third kappa shape index (κ3) is 8.44. The molecule has 0 saturated heterocycles. The van der Waals surface area contributed by atoms with Crippen molar-refractivity contribution in [2.45, 2.75) is 47.0 Å². The van der Waals surface area contributed by atoms with Crippen molar-refractivity contribution in [1.82, 2.24) is 4.90 Å². The van der Waals surface area contributed by atoms with Crippen molar-refractivity contribution in [1.29, 1.82) is 0 Å². The van der Waals surface area contributed by atoms with Gasteiger partial charge in [0.1, 0.15) is 0 Å². The molecule has 1 nitrogen and oxygen atoms in total. The van der Waals surface area contributed by atoms with Crippen LogP contribution < -0.4 is 0 Å². The van der Waals surface area contributed by atoms with Gasteiger partial charge >= 0.3 is 0 Å². The molecule has 88 valence electrons. The molecule has 0 saturated carbocycles. The van der Waals surface area contributed by atoms with E-state index in [1.54, 1.807) is 0 Å². The molecule has 1 heteroatoms. The molecular weight excluding hydrogens is 182 g/mol. The fourth-order valence-corrected chi connectivity index (χ4v) is 1.55. The van der Waals surface area contributed by atoms with Crippen molar-refractivity contribution < 1.29 is 0 Å². The van der Waals surface area contributed by atoms with Gasteiger partial charge < -0.3 is 4.90 Å². The third-order valence-corrected chi connectivity index (χ3v) is 2.73. The summed E-state index contributed by atoms with van der Waals surface area (Å²) in [5, 5.41) is 0. The van der Waals surface area contributed by atoms with Crippen LogP contribution in [0.2, 0.25) is 0 Å². The lowest BCUT2D eigenvalue weighted by Gasteiger charge is -2.18. The highest BCUT2D eigenvalue weighted by Gasteiger charge is 2.00. The molecule has 0 unspecified atom stereocenters. The summed E-state index contributed by atoms with van der Waals surface area (Å²) in [5.41, 5.74) is 2.80. The van der Waals surface area contributed by atoms with Crippen molar-refractivity contribution >= 4 is 0 Å². The number of hydrogen-bond donors (Lipinski definition) is 0. The highest BCUT2D eigenvalue weighted by molar-refractivity contribution is 5.00. The summed E-state index contributed by atoms with van der Waals surface area (Å²) >= 11 is 0. The van der Waals surface area contributed by atoms with E-state index in [1.807, 2.05) is 0 Å². The zero-order chi connectivity index (χ0) is 11.7. The fourth-order valence-electron chi connectivity index (χ4n) is 1.55. The van der Waals surface area contributed by atoms with E-state index in [0.29, 0.717) is 0 Å². The summed E-state index contributed by atoms with van der Waals surface area (Å²) in [6.45, 7) is 16.3. The minimum atomic E-state index is 1.15. The average molecular weight is 209 g/mol. The smallest absolute Gasteiger partial charge is 0.00182 e. The maximum Gasteiger partial charge on any atom is 0.00182 e. The van der Waals surface area contributed by atoms with E-state index in [-0.39, 0.29) is 0 Å². The molecule has 0 heterocycles. The van der Waals surface area contributed by atoms with Gasteiger partial charge in [-0.2, -0.15) is 0 Å². The molecule has 0 aromatic rings. The van der Waals surface area contributed by atoms with Crippen LogP contribution >= 0.6 is 0 Å². The van der Waals surface area contributed by atoms with Crippen LogP contribution in [-0.4, -0.2) is 24.5 Å². The Labute approximate surface area is 95.9 Å². The van der Waals surface area contributed by atoms with Crippen molar-refractivity contribution in [2.24, 2.45) is 0 Å². The zero-order valence-electron chi connectivity index (χ0n) is 11.0. The first-order valence-corrected chi connectivity index (χ1v) is 6.12. The van der Waals surface area contributed by atoms with Gasteiger partial charge in [-0.1, -0.05) is 37.6 Å². The first-order valence-electron chi connectivity index (χ1n) is 6.12. The Morgan fingerprint density at radius 1 is 1.13 bits per heavy atom. The second-order valence-corrected chi connectivity index (χ2v) is 4.35. The summed E-state index contributed by atoms with van der Waals surface area (Å²) in [7, 11) is 0. The Bertz CT molecular complexity index is 195. The van der Waals surface area contributed by atoms with Crippen molar-refractivity contribution in [2.75, 3.05) is 19.6 Å². The number of nitrogens with zero attached hydrogens (tertiary/aromatic N) is 1. The first kappa shape index (κ1) is 14.4. The van der Waals surface area contributed by atoms with Crippen molar-refractivity contribution in [3.05, 3.63) is 23.8 Å². The number of hydrogen-bond acceptors (Lipinski definition) is 1. The minimum Gasteiger partial charge on any atom is -0.304 e. The SMILES string of the molecule is C=C(CCC=C(C)C)CCN(CC)CC. The summed E-state index contributed by atoms with van der Waals surface area (Å²) in [6.07, 6.45) is 5.74. The van der Waals surface area contributed by atoms with Gasteiger partial charge in [-0.05, 0) is 46.2 Å². The van der Waals surface area contributed by atoms with Gasteiger partial charge in [0.25, 0.3) is 0 Å². The molecule has 0 atom stereocenters. The predicted molar refractivity (Wildman–Crippen MR) is 70.2 cm³/mol. The molecule has 0 aromatic heterocycles. The molecule has 0 spiro atoms. The minimum absolute atomic E-state index is 1.15.